The molecular formula is C15H14N2O5. The van der Waals surface area contributed by atoms with Crippen molar-refractivity contribution in [2.45, 2.75) is 0 Å². The Kier molecular flexibility index (Phi) is 4.26. The minimum Gasteiger partial charge on any atom is -0.496 e. The van der Waals surface area contributed by atoms with Gasteiger partial charge in [-0.15, -0.1) is 0 Å². The van der Waals surface area contributed by atoms with Gasteiger partial charge in [0, 0.05) is 12.6 Å². The van der Waals surface area contributed by atoms with Crippen LogP contribution in [0.5, 0.6) is 11.6 Å². The average molecular weight is 302 g/mol. The zero-order valence-corrected chi connectivity index (χ0v) is 12.0. The molecule has 0 bridgehead atoms. The average Bonchev–Trinajstić information content (AvgIpc) is 2.51. The number of benzene rings is 1. The van der Waals surface area contributed by atoms with E-state index in [4.69, 9.17) is 4.74 Å². The lowest BCUT2D eigenvalue weighted by atomic mass is 10.1. The summed E-state index contributed by atoms with van der Waals surface area (Å²) in [5, 5.41) is 9.79. The lowest BCUT2D eigenvalue weighted by Crippen LogP contribution is -2.32. The predicted molar refractivity (Wildman–Crippen MR) is 80.3 cm³/mol. The molecule has 1 heterocycles. The summed E-state index contributed by atoms with van der Waals surface area (Å²) in [6.45, 7) is 0. The second-order valence-electron chi connectivity index (χ2n) is 4.46. The van der Waals surface area contributed by atoms with E-state index < -0.39 is 28.5 Å². The first-order valence-electron chi connectivity index (χ1n) is 6.33. The molecule has 114 valence electrons. The number of allylic oxidation sites excluding steroid dienone is 1. The third kappa shape index (κ3) is 2.83. The minimum absolute atomic E-state index is 0.492. The van der Waals surface area contributed by atoms with Crippen LogP contribution < -0.4 is 16.0 Å². The molecule has 0 unspecified atom stereocenters. The number of para-hydroxylation sites is 1. The molecule has 2 N–H and O–H groups in total. The number of ether oxygens (including phenoxy) is 1. The monoisotopic (exact) mass is 302 g/mol. The summed E-state index contributed by atoms with van der Waals surface area (Å²) in [5.74, 6) is -0.839. The normalized spacial score (nSPS) is 10.8. The van der Waals surface area contributed by atoms with Gasteiger partial charge in [-0.2, -0.15) is 0 Å². The van der Waals surface area contributed by atoms with E-state index in [9.17, 15) is 19.5 Å². The summed E-state index contributed by atoms with van der Waals surface area (Å²) >= 11 is 0. The molecule has 0 saturated carbocycles. The summed E-state index contributed by atoms with van der Waals surface area (Å²) < 4.78 is 5.92. The van der Waals surface area contributed by atoms with Crippen molar-refractivity contribution in [1.29, 1.82) is 0 Å². The zero-order valence-electron chi connectivity index (χ0n) is 12.0. The molecule has 0 aliphatic rings. The quantitative estimate of drug-likeness (QED) is 0.639. The fourth-order valence-corrected chi connectivity index (χ4v) is 1.88. The molecule has 0 amide bonds. The summed E-state index contributed by atoms with van der Waals surface area (Å²) in [6, 6.07) is 7.00. The van der Waals surface area contributed by atoms with Crippen molar-refractivity contribution < 1.29 is 14.6 Å². The Morgan fingerprint density at radius 2 is 2.00 bits per heavy atom. The number of aromatic amines is 1. The highest BCUT2D eigenvalue weighted by Crippen LogP contribution is 2.19. The van der Waals surface area contributed by atoms with Crippen LogP contribution in [0.3, 0.4) is 0 Å². The van der Waals surface area contributed by atoms with Crippen molar-refractivity contribution in [1.82, 2.24) is 9.55 Å². The Morgan fingerprint density at radius 3 is 2.68 bits per heavy atom. The maximum absolute atomic E-state index is 12.1. The number of ketones is 1. The first-order valence-corrected chi connectivity index (χ1v) is 6.33. The minimum atomic E-state index is -0.935. The first-order chi connectivity index (χ1) is 10.5. The van der Waals surface area contributed by atoms with E-state index in [-0.39, 0.29) is 0 Å². The number of methoxy groups -OCH3 is 1. The maximum Gasteiger partial charge on any atom is 0.330 e. The fourth-order valence-electron chi connectivity index (χ4n) is 1.88. The van der Waals surface area contributed by atoms with Gasteiger partial charge in [0.15, 0.2) is 5.78 Å². The van der Waals surface area contributed by atoms with Crippen molar-refractivity contribution in [2.24, 2.45) is 7.05 Å². The highest BCUT2D eigenvalue weighted by atomic mass is 16.5. The summed E-state index contributed by atoms with van der Waals surface area (Å²) in [5.41, 5.74) is -1.59. The number of rotatable bonds is 4. The van der Waals surface area contributed by atoms with Gasteiger partial charge in [-0.05, 0) is 18.2 Å². The van der Waals surface area contributed by atoms with Crippen molar-refractivity contribution in [3.63, 3.8) is 0 Å². The molecule has 1 aromatic heterocycles. The fraction of sp³-hybridized carbons (Fsp3) is 0.133. The van der Waals surface area contributed by atoms with Crippen LogP contribution in [0.2, 0.25) is 0 Å². The largest absolute Gasteiger partial charge is 0.496 e. The van der Waals surface area contributed by atoms with Crippen LogP contribution >= 0.6 is 0 Å². The number of aromatic nitrogens is 2. The molecule has 0 aliphatic carbocycles. The molecule has 2 aromatic rings. The molecule has 7 heteroatoms. The van der Waals surface area contributed by atoms with E-state index in [1.54, 1.807) is 24.3 Å². The topological polar surface area (TPSA) is 101 Å². The van der Waals surface area contributed by atoms with E-state index in [2.05, 4.69) is 0 Å². The highest BCUT2D eigenvalue weighted by Gasteiger charge is 2.17. The summed E-state index contributed by atoms with van der Waals surface area (Å²) in [7, 11) is 2.74. The molecule has 7 nitrogen and oxygen atoms in total. The molecule has 0 fully saturated rings. The summed E-state index contributed by atoms with van der Waals surface area (Å²) in [6.07, 6.45) is 2.60. The number of nitrogens with one attached hydrogen (secondary N) is 1. The van der Waals surface area contributed by atoms with E-state index in [1.807, 2.05) is 4.98 Å². The molecule has 2 rings (SSSR count). The van der Waals surface area contributed by atoms with Crippen molar-refractivity contribution in [3.8, 4) is 11.6 Å². The van der Waals surface area contributed by atoms with Crippen LogP contribution in [-0.2, 0) is 7.05 Å². The number of aromatic hydroxyl groups is 1. The Bertz CT molecular complexity index is 861. The van der Waals surface area contributed by atoms with Crippen molar-refractivity contribution >= 4 is 11.9 Å². The van der Waals surface area contributed by atoms with Gasteiger partial charge in [0.25, 0.3) is 5.56 Å². The molecular weight excluding hydrogens is 288 g/mol. The van der Waals surface area contributed by atoms with Gasteiger partial charge >= 0.3 is 5.69 Å². The van der Waals surface area contributed by atoms with Crippen LogP contribution in [-0.4, -0.2) is 27.6 Å². The molecule has 0 spiro atoms. The third-order valence-electron chi connectivity index (χ3n) is 3.09. The van der Waals surface area contributed by atoms with E-state index in [0.717, 1.165) is 10.6 Å². The van der Waals surface area contributed by atoms with Gasteiger partial charge in [0.1, 0.15) is 11.3 Å². The van der Waals surface area contributed by atoms with E-state index in [1.165, 1.54) is 20.2 Å². The number of hydrogen-bond donors (Lipinski definition) is 2. The molecule has 0 atom stereocenters. The number of carbonyl (C=O) groups excluding carboxylic acids is 1. The molecule has 22 heavy (non-hydrogen) atoms. The Hall–Kier alpha value is -3.09. The number of carbonyl (C=O) groups is 1. The standard InChI is InChI=1S/C15H14N2O5/c1-17-14(20)12(13(19)16-15(17)21)10(18)8-7-9-5-3-4-6-11(9)22-2/h3-8,20H,1-2H3,(H,16,19,21). The van der Waals surface area contributed by atoms with E-state index in [0.29, 0.717) is 11.3 Å². The van der Waals surface area contributed by atoms with Crippen molar-refractivity contribution in [2.75, 3.05) is 7.11 Å². The van der Waals surface area contributed by atoms with Gasteiger partial charge in [0.2, 0.25) is 5.88 Å². The van der Waals surface area contributed by atoms with Gasteiger partial charge < -0.3 is 9.84 Å². The van der Waals surface area contributed by atoms with Gasteiger partial charge in [0.05, 0.1) is 7.11 Å². The van der Waals surface area contributed by atoms with Crippen LogP contribution in [0.4, 0.5) is 0 Å². The Balaban J connectivity index is 2.42. The van der Waals surface area contributed by atoms with Gasteiger partial charge in [-0.25, -0.2) is 4.79 Å². The van der Waals surface area contributed by atoms with Crippen LogP contribution in [0.1, 0.15) is 15.9 Å². The smallest absolute Gasteiger partial charge is 0.330 e. The second-order valence-corrected chi connectivity index (χ2v) is 4.46. The number of nitrogens with zero attached hydrogens (tertiary/aromatic N) is 1. The Morgan fingerprint density at radius 1 is 1.32 bits per heavy atom. The Labute approximate surface area is 125 Å². The first kappa shape index (κ1) is 15.3. The van der Waals surface area contributed by atoms with Gasteiger partial charge in [-0.1, -0.05) is 18.2 Å². The second kappa shape index (κ2) is 6.13. The summed E-state index contributed by atoms with van der Waals surface area (Å²) in [4.78, 5) is 37.0. The SMILES string of the molecule is COc1ccccc1C=CC(=O)c1c(O)n(C)c(=O)[nH]c1=O. The molecule has 0 radical (unpaired) electrons. The third-order valence-corrected chi connectivity index (χ3v) is 3.09. The van der Waals surface area contributed by atoms with Crippen LogP contribution in [0.15, 0.2) is 39.9 Å². The van der Waals surface area contributed by atoms with Crippen LogP contribution in [0.25, 0.3) is 6.08 Å². The zero-order chi connectivity index (χ0) is 16.3. The highest BCUT2D eigenvalue weighted by molar-refractivity contribution is 6.08. The molecule has 0 saturated heterocycles. The molecule has 1 aromatic carbocycles. The van der Waals surface area contributed by atoms with Crippen molar-refractivity contribution in [3.05, 3.63) is 62.3 Å². The number of H-pyrrole nitrogens is 1. The maximum atomic E-state index is 12.1. The predicted octanol–water partition coefficient (Wildman–Crippen LogP) is 0.684. The van der Waals surface area contributed by atoms with Gasteiger partial charge in [-0.3, -0.25) is 19.1 Å². The lowest BCUT2D eigenvalue weighted by Gasteiger charge is -2.05. The molecule has 0 aliphatic heterocycles. The lowest BCUT2D eigenvalue weighted by molar-refractivity contribution is 0.104. The van der Waals surface area contributed by atoms with E-state index >= 15 is 0 Å². The number of hydrogen-bond acceptors (Lipinski definition) is 5. The van der Waals surface area contributed by atoms with Crippen LogP contribution in [0, 0.1) is 0 Å².